The van der Waals surface area contributed by atoms with E-state index >= 15 is 0 Å². The highest BCUT2D eigenvalue weighted by molar-refractivity contribution is 5.80. The Labute approximate surface area is 132 Å². The molecule has 6 nitrogen and oxygen atoms in total. The van der Waals surface area contributed by atoms with Gasteiger partial charge in [-0.3, -0.25) is 13.9 Å². The summed E-state index contributed by atoms with van der Waals surface area (Å²) in [5.41, 5.74) is 2.01. The molecule has 0 spiro atoms. The molecule has 0 fully saturated rings. The molecule has 1 aromatic carbocycles. The van der Waals surface area contributed by atoms with Gasteiger partial charge in [-0.25, -0.2) is 9.48 Å². The first-order valence-electron chi connectivity index (χ1n) is 7.39. The van der Waals surface area contributed by atoms with E-state index in [9.17, 15) is 9.59 Å². The molecule has 0 aliphatic rings. The van der Waals surface area contributed by atoms with Crippen molar-refractivity contribution < 1.29 is 0 Å². The molecule has 118 valence electrons. The van der Waals surface area contributed by atoms with E-state index in [1.54, 1.807) is 11.7 Å². The molecular formula is C17H18N4O2. The number of aryl methyl sites for hydroxylation is 2. The molecule has 0 N–H and O–H groups in total. The Bertz CT molecular complexity index is 1020. The van der Waals surface area contributed by atoms with Gasteiger partial charge in [0.15, 0.2) is 5.65 Å². The fourth-order valence-electron chi connectivity index (χ4n) is 2.77. The smallest absolute Gasteiger partial charge is 0.279 e. The highest BCUT2D eigenvalue weighted by Gasteiger charge is 2.20. The van der Waals surface area contributed by atoms with Gasteiger partial charge in [-0.2, -0.15) is 0 Å². The first kappa shape index (κ1) is 15.0. The summed E-state index contributed by atoms with van der Waals surface area (Å²) in [6, 6.07) is 9.64. The maximum absolute atomic E-state index is 12.5. The Morgan fingerprint density at radius 2 is 1.78 bits per heavy atom. The Morgan fingerprint density at radius 3 is 2.39 bits per heavy atom. The second kappa shape index (κ2) is 5.39. The summed E-state index contributed by atoms with van der Waals surface area (Å²) in [6.07, 6.45) is 0.607. The third kappa shape index (κ3) is 2.14. The van der Waals surface area contributed by atoms with Crippen molar-refractivity contribution in [3.05, 3.63) is 69.0 Å². The van der Waals surface area contributed by atoms with Crippen LogP contribution in [0.15, 0.2) is 46.5 Å². The lowest BCUT2D eigenvalue weighted by atomic mass is 10.1. The molecule has 0 saturated carbocycles. The van der Waals surface area contributed by atoms with Crippen LogP contribution in [0.3, 0.4) is 0 Å². The molecular weight excluding hydrogens is 292 g/mol. The summed E-state index contributed by atoms with van der Waals surface area (Å²) in [5, 5.41) is 4.96. The van der Waals surface area contributed by atoms with Crippen molar-refractivity contribution >= 4 is 16.7 Å². The zero-order valence-corrected chi connectivity index (χ0v) is 13.4. The molecule has 0 atom stereocenters. The third-order valence-electron chi connectivity index (χ3n) is 4.07. The van der Waals surface area contributed by atoms with Gasteiger partial charge in [0.05, 0.1) is 11.4 Å². The quantitative estimate of drug-likeness (QED) is 0.737. The SMILES string of the molecule is C=C(c1ccccc1)n1nc2c(c1CC)c(=O)n(C)c(=O)n2C. The molecule has 2 aromatic heterocycles. The molecule has 0 bridgehead atoms. The fraction of sp³-hybridized carbons (Fsp3) is 0.235. The van der Waals surface area contributed by atoms with Crippen molar-refractivity contribution in [1.29, 1.82) is 0 Å². The van der Waals surface area contributed by atoms with Gasteiger partial charge in [0.25, 0.3) is 5.56 Å². The van der Waals surface area contributed by atoms with Gasteiger partial charge in [-0.05, 0) is 12.0 Å². The summed E-state index contributed by atoms with van der Waals surface area (Å²) >= 11 is 0. The van der Waals surface area contributed by atoms with Gasteiger partial charge in [0, 0.05) is 14.1 Å². The Kier molecular flexibility index (Phi) is 3.52. The molecule has 0 aliphatic heterocycles. The number of nitrogens with zero attached hydrogens (tertiary/aromatic N) is 4. The number of fused-ring (bicyclic) bond motifs is 1. The van der Waals surface area contributed by atoms with Crippen LogP contribution in [0.1, 0.15) is 18.2 Å². The van der Waals surface area contributed by atoms with Gasteiger partial charge in [0.2, 0.25) is 0 Å². The molecule has 0 saturated heterocycles. The number of rotatable bonds is 3. The molecule has 0 aliphatic carbocycles. The second-order valence-corrected chi connectivity index (χ2v) is 5.43. The minimum atomic E-state index is -0.389. The molecule has 3 rings (SSSR count). The maximum Gasteiger partial charge on any atom is 0.332 e. The minimum Gasteiger partial charge on any atom is -0.279 e. The fourth-order valence-corrected chi connectivity index (χ4v) is 2.77. The molecule has 23 heavy (non-hydrogen) atoms. The lowest BCUT2D eigenvalue weighted by Crippen LogP contribution is -2.37. The highest BCUT2D eigenvalue weighted by atomic mass is 16.2. The predicted octanol–water partition coefficient (Wildman–Crippen LogP) is 1.52. The molecule has 0 unspecified atom stereocenters. The highest BCUT2D eigenvalue weighted by Crippen LogP contribution is 2.21. The van der Waals surface area contributed by atoms with Crippen molar-refractivity contribution in [2.75, 3.05) is 0 Å². The van der Waals surface area contributed by atoms with E-state index in [0.29, 0.717) is 23.2 Å². The van der Waals surface area contributed by atoms with E-state index in [2.05, 4.69) is 11.7 Å². The summed E-state index contributed by atoms with van der Waals surface area (Å²) in [4.78, 5) is 24.6. The number of benzene rings is 1. The van der Waals surface area contributed by atoms with E-state index in [4.69, 9.17) is 0 Å². The lowest BCUT2D eigenvalue weighted by Gasteiger charge is -2.09. The van der Waals surface area contributed by atoms with Gasteiger partial charge in [0.1, 0.15) is 5.39 Å². The van der Waals surface area contributed by atoms with Crippen LogP contribution in [-0.2, 0) is 20.5 Å². The molecule has 0 radical (unpaired) electrons. The van der Waals surface area contributed by atoms with Crippen LogP contribution in [-0.4, -0.2) is 18.9 Å². The van der Waals surface area contributed by atoms with E-state index in [0.717, 1.165) is 15.8 Å². The van der Waals surface area contributed by atoms with Crippen LogP contribution in [0.5, 0.6) is 0 Å². The van der Waals surface area contributed by atoms with Crippen molar-refractivity contribution in [3.63, 3.8) is 0 Å². The van der Waals surface area contributed by atoms with Crippen LogP contribution in [0, 0.1) is 0 Å². The summed E-state index contributed by atoms with van der Waals surface area (Å²) in [6.45, 7) is 6.06. The zero-order chi connectivity index (χ0) is 16.7. The molecule has 3 aromatic rings. The van der Waals surface area contributed by atoms with E-state index in [1.165, 1.54) is 11.6 Å². The Balaban J connectivity index is 2.38. The van der Waals surface area contributed by atoms with Crippen LogP contribution < -0.4 is 11.2 Å². The molecule has 2 heterocycles. The largest absolute Gasteiger partial charge is 0.332 e. The first-order chi connectivity index (χ1) is 11.0. The monoisotopic (exact) mass is 310 g/mol. The zero-order valence-electron chi connectivity index (χ0n) is 13.4. The third-order valence-corrected chi connectivity index (χ3v) is 4.07. The van der Waals surface area contributed by atoms with Gasteiger partial charge < -0.3 is 0 Å². The predicted molar refractivity (Wildman–Crippen MR) is 90.5 cm³/mol. The summed E-state index contributed by atoms with van der Waals surface area (Å²) in [7, 11) is 3.10. The summed E-state index contributed by atoms with van der Waals surface area (Å²) in [5.74, 6) is 0. The van der Waals surface area contributed by atoms with Crippen LogP contribution in [0.4, 0.5) is 0 Å². The van der Waals surface area contributed by atoms with Gasteiger partial charge in [-0.1, -0.05) is 43.8 Å². The van der Waals surface area contributed by atoms with Crippen molar-refractivity contribution in [2.45, 2.75) is 13.3 Å². The second-order valence-electron chi connectivity index (χ2n) is 5.43. The minimum absolute atomic E-state index is 0.327. The van der Waals surface area contributed by atoms with E-state index < -0.39 is 0 Å². The Morgan fingerprint density at radius 1 is 1.13 bits per heavy atom. The lowest BCUT2D eigenvalue weighted by molar-refractivity contribution is 0.706. The first-order valence-corrected chi connectivity index (χ1v) is 7.39. The molecule has 6 heteroatoms. The van der Waals surface area contributed by atoms with Crippen molar-refractivity contribution in [3.8, 4) is 0 Å². The van der Waals surface area contributed by atoms with E-state index in [-0.39, 0.29) is 11.2 Å². The van der Waals surface area contributed by atoms with Gasteiger partial charge >= 0.3 is 5.69 Å². The van der Waals surface area contributed by atoms with Gasteiger partial charge in [-0.15, -0.1) is 5.10 Å². The van der Waals surface area contributed by atoms with Crippen LogP contribution >= 0.6 is 0 Å². The summed E-state index contributed by atoms with van der Waals surface area (Å²) < 4.78 is 4.17. The maximum atomic E-state index is 12.5. The van der Waals surface area contributed by atoms with Crippen LogP contribution in [0.25, 0.3) is 16.7 Å². The van der Waals surface area contributed by atoms with E-state index in [1.807, 2.05) is 37.3 Å². The normalized spacial score (nSPS) is 11.1. The number of hydrogen-bond acceptors (Lipinski definition) is 3. The topological polar surface area (TPSA) is 61.8 Å². The number of aromatic nitrogens is 4. The Hall–Kier alpha value is -2.89. The average molecular weight is 310 g/mol. The molecule has 0 amide bonds. The van der Waals surface area contributed by atoms with Crippen molar-refractivity contribution in [1.82, 2.24) is 18.9 Å². The standard InChI is InChI=1S/C17H18N4O2/c1-5-13-14-15(19(3)17(23)20(4)16(14)22)18-21(13)11(2)12-9-7-6-8-10-12/h6-10H,2,5H2,1,3-4H3. The number of hydrogen-bond donors (Lipinski definition) is 0. The van der Waals surface area contributed by atoms with Crippen LogP contribution in [0.2, 0.25) is 0 Å². The average Bonchev–Trinajstić information content (AvgIpc) is 2.97. The van der Waals surface area contributed by atoms with Crippen molar-refractivity contribution in [2.24, 2.45) is 14.1 Å².